The molecule has 2 aromatic heterocycles. The predicted molar refractivity (Wildman–Crippen MR) is 190 cm³/mol. The highest BCUT2D eigenvalue weighted by Crippen LogP contribution is 2.23. The minimum atomic E-state index is -5.08. The quantitative estimate of drug-likeness (QED) is 0.0892. The summed E-state index contributed by atoms with van der Waals surface area (Å²) in [4.78, 5) is 67.5. The molecule has 5 aromatic rings. The fourth-order valence-corrected chi connectivity index (χ4v) is 5.64. The summed E-state index contributed by atoms with van der Waals surface area (Å²) < 4.78 is 31.7. The summed E-state index contributed by atoms with van der Waals surface area (Å²) in [5, 5.41) is 26.9. The van der Waals surface area contributed by atoms with Gasteiger partial charge in [-0.2, -0.15) is 13.2 Å². The molecule has 0 saturated heterocycles. The number of carbonyl (C=O) groups excluding carboxylic acids is 3. The van der Waals surface area contributed by atoms with Crippen LogP contribution in [0.15, 0.2) is 85.1 Å². The summed E-state index contributed by atoms with van der Waals surface area (Å²) >= 11 is 0. The Balaban J connectivity index is 0.000000815. The van der Waals surface area contributed by atoms with E-state index in [0.717, 1.165) is 44.2 Å². The van der Waals surface area contributed by atoms with Crippen LogP contribution in [0.5, 0.6) is 0 Å². The molecule has 0 aliphatic carbocycles. The number of aliphatic carboxylic acids is 2. The third kappa shape index (κ3) is 10.7. The third-order valence-electron chi connectivity index (χ3n) is 8.41. The smallest absolute Gasteiger partial charge is 0.480 e. The molecule has 3 aromatic carbocycles. The number of aryl methyl sites for hydroxylation is 1. The molecule has 4 atom stereocenters. The number of alkyl halides is 3. The van der Waals surface area contributed by atoms with Crippen LogP contribution < -0.4 is 21.7 Å². The van der Waals surface area contributed by atoms with Crippen LogP contribution in [-0.4, -0.2) is 80.2 Å². The van der Waals surface area contributed by atoms with E-state index in [0.29, 0.717) is 0 Å². The van der Waals surface area contributed by atoms with Gasteiger partial charge in [0.2, 0.25) is 17.7 Å². The van der Waals surface area contributed by atoms with Gasteiger partial charge in [0, 0.05) is 46.5 Å². The molecule has 280 valence electrons. The van der Waals surface area contributed by atoms with Gasteiger partial charge >= 0.3 is 18.1 Å². The second-order valence-electron chi connectivity index (χ2n) is 12.3. The number of para-hydroxylation sites is 2. The van der Waals surface area contributed by atoms with Gasteiger partial charge in [0.15, 0.2) is 0 Å². The highest BCUT2D eigenvalue weighted by molar-refractivity contribution is 5.95. The summed E-state index contributed by atoms with van der Waals surface area (Å²) in [6.07, 6.45) is -2.92. The van der Waals surface area contributed by atoms with E-state index < -0.39 is 60.0 Å². The first-order valence-electron chi connectivity index (χ1n) is 16.4. The highest BCUT2D eigenvalue weighted by Gasteiger charge is 2.38. The van der Waals surface area contributed by atoms with Crippen molar-refractivity contribution in [2.45, 2.75) is 63.5 Å². The molecule has 0 aliphatic rings. The van der Waals surface area contributed by atoms with Crippen molar-refractivity contribution in [3.63, 3.8) is 0 Å². The number of carboxylic acid groups (broad SMARTS) is 2. The average molecular weight is 737 g/mol. The lowest BCUT2D eigenvalue weighted by Crippen LogP contribution is -2.57. The molecule has 2 heterocycles. The summed E-state index contributed by atoms with van der Waals surface area (Å²) in [7, 11) is 0. The minimum absolute atomic E-state index is 0.0654. The number of nitrogens with one attached hydrogen (secondary N) is 5. The van der Waals surface area contributed by atoms with E-state index in [9.17, 15) is 37.5 Å². The Hall–Kier alpha value is -6.16. The Morgan fingerprint density at radius 3 is 1.92 bits per heavy atom. The largest absolute Gasteiger partial charge is 0.490 e. The van der Waals surface area contributed by atoms with Crippen molar-refractivity contribution >= 4 is 51.5 Å². The molecule has 5 rings (SSSR count). The number of carboxylic acids is 2. The fourth-order valence-electron chi connectivity index (χ4n) is 5.64. The predicted octanol–water partition coefficient (Wildman–Crippen LogP) is 3.51. The number of aromatic amines is 2. The summed E-state index contributed by atoms with van der Waals surface area (Å²) in [6, 6.07) is 19.9. The fraction of sp³-hybridized carbons (Fsp3) is 0.270. The first kappa shape index (κ1) is 39.6. The second kappa shape index (κ2) is 17.4. The van der Waals surface area contributed by atoms with Crippen LogP contribution in [0.4, 0.5) is 13.2 Å². The molecule has 0 unspecified atom stereocenters. The van der Waals surface area contributed by atoms with Gasteiger partial charge in [0.1, 0.15) is 18.1 Å². The average Bonchev–Trinajstić information content (AvgIpc) is 3.67. The van der Waals surface area contributed by atoms with Crippen LogP contribution in [-0.2, 0) is 43.2 Å². The topological polar surface area (TPSA) is 219 Å². The van der Waals surface area contributed by atoms with E-state index in [-0.39, 0.29) is 19.3 Å². The molecular weight excluding hydrogens is 697 g/mol. The Morgan fingerprint density at radius 2 is 1.30 bits per heavy atom. The monoisotopic (exact) mass is 736 g/mol. The molecule has 0 saturated carbocycles. The lowest BCUT2D eigenvalue weighted by atomic mass is 10.0. The Morgan fingerprint density at radius 1 is 0.736 bits per heavy atom. The van der Waals surface area contributed by atoms with Crippen LogP contribution in [0, 0.1) is 6.92 Å². The number of hydrogen-bond donors (Lipinski definition) is 8. The lowest BCUT2D eigenvalue weighted by molar-refractivity contribution is -0.192. The maximum Gasteiger partial charge on any atom is 0.490 e. The number of benzene rings is 3. The number of carbonyl (C=O) groups is 5. The van der Waals surface area contributed by atoms with Crippen LogP contribution in [0.25, 0.3) is 21.8 Å². The van der Waals surface area contributed by atoms with E-state index >= 15 is 0 Å². The van der Waals surface area contributed by atoms with E-state index in [1.54, 1.807) is 30.5 Å². The van der Waals surface area contributed by atoms with Crippen LogP contribution >= 0.6 is 0 Å². The molecule has 13 nitrogen and oxygen atoms in total. The van der Waals surface area contributed by atoms with E-state index in [2.05, 4.69) is 25.9 Å². The van der Waals surface area contributed by atoms with Crippen molar-refractivity contribution in [1.82, 2.24) is 25.9 Å². The second-order valence-corrected chi connectivity index (χ2v) is 12.3. The Bertz CT molecular complexity index is 2080. The number of amides is 3. The van der Waals surface area contributed by atoms with Gasteiger partial charge in [-0.25, -0.2) is 9.59 Å². The minimum Gasteiger partial charge on any atom is -0.480 e. The molecule has 0 bridgehead atoms. The maximum atomic E-state index is 13.6. The summed E-state index contributed by atoms with van der Waals surface area (Å²) in [5.41, 5.74) is 11.4. The number of hydrogen-bond acceptors (Lipinski definition) is 6. The van der Waals surface area contributed by atoms with Crippen molar-refractivity contribution in [2.24, 2.45) is 5.73 Å². The van der Waals surface area contributed by atoms with Crippen molar-refractivity contribution < 1.29 is 47.4 Å². The first-order valence-corrected chi connectivity index (χ1v) is 16.4. The molecule has 0 aliphatic heterocycles. The van der Waals surface area contributed by atoms with Crippen molar-refractivity contribution in [2.75, 3.05) is 0 Å². The Kier molecular flexibility index (Phi) is 13.0. The van der Waals surface area contributed by atoms with Gasteiger partial charge < -0.3 is 41.9 Å². The van der Waals surface area contributed by atoms with E-state index in [1.807, 2.05) is 61.5 Å². The number of nitrogens with two attached hydrogens (primary N) is 1. The molecule has 3 amide bonds. The van der Waals surface area contributed by atoms with Gasteiger partial charge in [0.25, 0.3) is 0 Å². The molecule has 0 radical (unpaired) electrons. The van der Waals surface area contributed by atoms with E-state index in [4.69, 9.17) is 15.6 Å². The molecule has 53 heavy (non-hydrogen) atoms. The van der Waals surface area contributed by atoms with Gasteiger partial charge in [-0.3, -0.25) is 14.4 Å². The summed E-state index contributed by atoms with van der Waals surface area (Å²) in [6.45, 7) is 3.43. The number of aromatic nitrogens is 2. The molecule has 0 spiro atoms. The van der Waals surface area contributed by atoms with Crippen LogP contribution in [0.3, 0.4) is 0 Å². The number of halogens is 3. The van der Waals surface area contributed by atoms with E-state index in [1.165, 1.54) is 6.92 Å². The SMILES string of the molecule is Cc1[nH]c2ccccc2c1C[C@@H](N)C(=O)N[C@@H](C)C(=O)N[C@@H](Cc1c[nH]c2ccccc12)C(=O)N[C@H](Cc1ccccc1)C(=O)O.O=C(O)C(F)(F)F. The standard InChI is InChI=1S/C35H38N6O5.C2HF3O2/c1-20-26(25-13-7-9-15-29(25)38-20)18-27(36)33(43)39-21(2)32(42)40-30(17-23-19-37-28-14-8-6-12-24(23)28)34(44)41-31(35(45)46)16-22-10-4-3-5-11-22;3-2(4,5)1(6)7/h3-15,19,21,27,30-31,37-38H,16-18,36H2,1-2H3,(H,39,43)(H,40,42)(H,41,44)(H,45,46);(H,6,7)/t21-,27+,30-,31+;/m0./s1. The normalized spacial score (nSPS) is 13.5. The zero-order valence-electron chi connectivity index (χ0n) is 28.7. The van der Waals surface area contributed by atoms with Crippen molar-refractivity contribution in [3.05, 3.63) is 107 Å². The lowest BCUT2D eigenvalue weighted by Gasteiger charge is -2.24. The van der Waals surface area contributed by atoms with Gasteiger partial charge in [0.05, 0.1) is 6.04 Å². The Labute approximate surface area is 301 Å². The zero-order chi connectivity index (χ0) is 38.9. The molecule has 9 N–H and O–H groups in total. The molecule has 0 fully saturated rings. The van der Waals surface area contributed by atoms with Gasteiger partial charge in [-0.05, 0) is 49.1 Å². The van der Waals surface area contributed by atoms with Gasteiger partial charge in [-0.15, -0.1) is 0 Å². The zero-order valence-corrected chi connectivity index (χ0v) is 28.7. The number of fused-ring (bicyclic) bond motifs is 2. The van der Waals surface area contributed by atoms with Gasteiger partial charge in [-0.1, -0.05) is 66.7 Å². The van der Waals surface area contributed by atoms with Crippen LogP contribution in [0.2, 0.25) is 0 Å². The molecule has 16 heteroatoms. The van der Waals surface area contributed by atoms with Crippen molar-refractivity contribution in [1.29, 1.82) is 0 Å². The molecular formula is C37H39F3N6O7. The maximum absolute atomic E-state index is 13.6. The summed E-state index contributed by atoms with van der Waals surface area (Å²) in [5.74, 6) is -5.74. The number of H-pyrrole nitrogens is 2. The highest BCUT2D eigenvalue weighted by atomic mass is 19.4. The number of rotatable bonds is 13. The first-order chi connectivity index (χ1) is 25.0. The van der Waals surface area contributed by atoms with Crippen molar-refractivity contribution in [3.8, 4) is 0 Å². The van der Waals surface area contributed by atoms with Crippen LogP contribution in [0.1, 0.15) is 29.3 Å². The third-order valence-corrected chi connectivity index (χ3v) is 8.41.